The number of furan rings is 1. The van der Waals surface area contributed by atoms with Crippen molar-refractivity contribution >= 4 is 11.3 Å². The molecular formula is C10H12N2OS. The van der Waals surface area contributed by atoms with Crippen molar-refractivity contribution < 1.29 is 4.42 Å². The van der Waals surface area contributed by atoms with Crippen LogP contribution in [0.15, 0.2) is 28.2 Å². The largest absolute Gasteiger partial charge is 0.462 e. The molecular weight excluding hydrogens is 196 g/mol. The van der Waals surface area contributed by atoms with Gasteiger partial charge in [0.1, 0.15) is 0 Å². The fourth-order valence-corrected chi connectivity index (χ4v) is 2.04. The predicted molar refractivity (Wildman–Crippen MR) is 57.2 cm³/mol. The van der Waals surface area contributed by atoms with Gasteiger partial charge in [-0.05, 0) is 31.5 Å². The van der Waals surface area contributed by atoms with Gasteiger partial charge in [0, 0.05) is 5.38 Å². The van der Waals surface area contributed by atoms with Gasteiger partial charge in [-0.3, -0.25) is 0 Å². The molecule has 0 bridgehead atoms. The van der Waals surface area contributed by atoms with Crippen molar-refractivity contribution in [2.24, 2.45) is 5.73 Å². The van der Waals surface area contributed by atoms with Crippen LogP contribution >= 0.6 is 11.3 Å². The molecule has 0 atom stereocenters. The van der Waals surface area contributed by atoms with Crippen molar-refractivity contribution in [2.75, 3.05) is 6.54 Å². The molecule has 74 valence electrons. The average Bonchev–Trinajstić information content (AvgIpc) is 2.85. The Hall–Kier alpha value is -1.13. The maximum absolute atomic E-state index is 5.43. The lowest BCUT2D eigenvalue weighted by atomic mass is 10.2. The van der Waals surface area contributed by atoms with Crippen molar-refractivity contribution in [1.29, 1.82) is 0 Å². The SMILES string of the molecule is NCCCc1csc(-c2ccco2)n1. The van der Waals surface area contributed by atoms with Crippen LogP contribution in [0.25, 0.3) is 10.8 Å². The zero-order valence-corrected chi connectivity index (χ0v) is 8.59. The summed E-state index contributed by atoms with van der Waals surface area (Å²) in [5.41, 5.74) is 6.54. The third-order valence-electron chi connectivity index (χ3n) is 1.92. The highest BCUT2D eigenvalue weighted by molar-refractivity contribution is 7.13. The summed E-state index contributed by atoms with van der Waals surface area (Å²) in [6.45, 7) is 0.716. The third kappa shape index (κ3) is 2.02. The maximum Gasteiger partial charge on any atom is 0.162 e. The van der Waals surface area contributed by atoms with Gasteiger partial charge >= 0.3 is 0 Å². The lowest BCUT2D eigenvalue weighted by molar-refractivity contribution is 0.581. The summed E-state index contributed by atoms with van der Waals surface area (Å²) in [6, 6.07) is 3.79. The number of rotatable bonds is 4. The first-order chi connectivity index (χ1) is 6.90. The third-order valence-corrected chi connectivity index (χ3v) is 2.83. The van der Waals surface area contributed by atoms with Crippen LogP contribution in [0.5, 0.6) is 0 Å². The van der Waals surface area contributed by atoms with Gasteiger partial charge in [0.05, 0.1) is 12.0 Å². The van der Waals surface area contributed by atoms with E-state index in [4.69, 9.17) is 10.2 Å². The van der Waals surface area contributed by atoms with Gasteiger partial charge in [-0.1, -0.05) is 0 Å². The van der Waals surface area contributed by atoms with Crippen LogP contribution in [0, 0.1) is 0 Å². The molecule has 0 aromatic carbocycles. The Labute approximate surface area is 86.6 Å². The van der Waals surface area contributed by atoms with Crippen LogP contribution < -0.4 is 5.73 Å². The molecule has 2 rings (SSSR count). The van der Waals surface area contributed by atoms with E-state index in [-0.39, 0.29) is 0 Å². The molecule has 3 nitrogen and oxygen atoms in total. The number of nitrogens with zero attached hydrogens (tertiary/aromatic N) is 1. The Morgan fingerprint density at radius 2 is 2.43 bits per heavy atom. The standard InChI is InChI=1S/C10H12N2OS/c11-5-1-3-8-7-14-10(12-8)9-4-2-6-13-9/h2,4,6-7H,1,3,5,11H2. The molecule has 4 heteroatoms. The van der Waals surface area contributed by atoms with Crippen LogP contribution in [-0.4, -0.2) is 11.5 Å². The Kier molecular flexibility index (Phi) is 2.96. The zero-order valence-electron chi connectivity index (χ0n) is 7.77. The van der Waals surface area contributed by atoms with E-state index in [0.29, 0.717) is 6.54 Å². The number of thiazole rings is 1. The molecule has 0 amide bonds. The van der Waals surface area contributed by atoms with Crippen molar-refractivity contribution in [1.82, 2.24) is 4.98 Å². The van der Waals surface area contributed by atoms with Gasteiger partial charge in [0.15, 0.2) is 10.8 Å². The fraction of sp³-hybridized carbons (Fsp3) is 0.300. The lowest BCUT2D eigenvalue weighted by Crippen LogP contribution is -2.00. The second kappa shape index (κ2) is 4.39. The molecule has 0 saturated heterocycles. The van der Waals surface area contributed by atoms with E-state index >= 15 is 0 Å². The van der Waals surface area contributed by atoms with Crippen LogP contribution in [-0.2, 0) is 6.42 Å². The minimum atomic E-state index is 0.716. The number of aryl methyl sites for hydroxylation is 1. The highest BCUT2D eigenvalue weighted by Gasteiger charge is 2.05. The van der Waals surface area contributed by atoms with E-state index < -0.39 is 0 Å². The summed E-state index contributed by atoms with van der Waals surface area (Å²) in [5, 5.41) is 3.01. The molecule has 2 aromatic heterocycles. The van der Waals surface area contributed by atoms with E-state index in [2.05, 4.69) is 10.4 Å². The molecule has 0 aliphatic heterocycles. The molecule has 0 radical (unpaired) electrons. The van der Waals surface area contributed by atoms with E-state index in [0.717, 1.165) is 29.3 Å². The van der Waals surface area contributed by atoms with Gasteiger partial charge in [0.25, 0.3) is 0 Å². The number of hydrogen-bond donors (Lipinski definition) is 1. The Morgan fingerprint density at radius 3 is 3.14 bits per heavy atom. The minimum Gasteiger partial charge on any atom is -0.462 e. The van der Waals surface area contributed by atoms with Gasteiger partial charge in [-0.2, -0.15) is 0 Å². The smallest absolute Gasteiger partial charge is 0.162 e. The van der Waals surface area contributed by atoms with Crippen molar-refractivity contribution in [3.05, 3.63) is 29.5 Å². The minimum absolute atomic E-state index is 0.716. The topological polar surface area (TPSA) is 52.0 Å². The monoisotopic (exact) mass is 208 g/mol. The second-order valence-corrected chi connectivity index (χ2v) is 3.87. The van der Waals surface area contributed by atoms with E-state index in [1.54, 1.807) is 17.6 Å². The summed E-state index contributed by atoms with van der Waals surface area (Å²) in [4.78, 5) is 4.46. The number of aromatic nitrogens is 1. The normalized spacial score (nSPS) is 10.6. The lowest BCUT2D eigenvalue weighted by Gasteiger charge is -1.91. The number of hydrogen-bond acceptors (Lipinski definition) is 4. The Morgan fingerprint density at radius 1 is 1.50 bits per heavy atom. The first kappa shape index (κ1) is 9.43. The quantitative estimate of drug-likeness (QED) is 0.838. The van der Waals surface area contributed by atoms with E-state index in [1.165, 1.54) is 0 Å². The van der Waals surface area contributed by atoms with E-state index in [9.17, 15) is 0 Å². The molecule has 2 aromatic rings. The maximum atomic E-state index is 5.43. The summed E-state index contributed by atoms with van der Waals surface area (Å²) in [5.74, 6) is 0.842. The van der Waals surface area contributed by atoms with Gasteiger partial charge in [-0.25, -0.2) is 4.98 Å². The number of nitrogens with two attached hydrogens (primary N) is 1. The molecule has 2 heterocycles. The molecule has 0 fully saturated rings. The Balaban J connectivity index is 2.10. The van der Waals surface area contributed by atoms with Crippen molar-refractivity contribution in [3.63, 3.8) is 0 Å². The molecule has 0 saturated carbocycles. The van der Waals surface area contributed by atoms with E-state index in [1.807, 2.05) is 12.1 Å². The summed E-state index contributed by atoms with van der Waals surface area (Å²) in [6.07, 6.45) is 3.60. The molecule has 0 unspecified atom stereocenters. The van der Waals surface area contributed by atoms with Crippen LogP contribution in [0.2, 0.25) is 0 Å². The molecule has 2 N–H and O–H groups in total. The highest BCUT2D eigenvalue weighted by atomic mass is 32.1. The highest BCUT2D eigenvalue weighted by Crippen LogP contribution is 2.24. The summed E-state index contributed by atoms with van der Waals surface area (Å²) in [7, 11) is 0. The van der Waals surface area contributed by atoms with Crippen LogP contribution in [0.3, 0.4) is 0 Å². The molecule has 0 aliphatic carbocycles. The van der Waals surface area contributed by atoms with Gasteiger partial charge in [-0.15, -0.1) is 11.3 Å². The first-order valence-corrected chi connectivity index (χ1v) is 5.46. The molecule has 14 heavy (non-hydrogen) atoms. The second-order valence-electron chi connectivity index (χ2n) is 3.01. The van der Waals surface area contributed by atoms with Gasteiger partial charge < -0.3 is 10.2 Å². The Bertz CT molecular complexity index is 380. The molecule has 0 spiro atoms. The summed E-state index contributed by atoms with van der Waals surface area (Å²) < 4.78 is 5.26. The van der Waals surface area contributed by atoms with Crippen LogP contribution in [0.1, 0.15) is 12.1 Å². The fourth-order valence-electron chi connectivity index (χ4n) is 1.22. The van der Waals surface area contributed by atoms with Crippen LogP contribution in [0.4, 0.5) is 0 Å². The predicted octanol–water partition coefficient (Wildman–Crippen LogP) is 2.29. The van der Waals surface area contributed by atoms with Crippen molar-refractivity contribution in [3.8, 4) is 10.8 Å². The zero-order chi connectivity index (χ0) is 9.80. The summed E-state index contributed by atoms with van der Waals surface area (Å²) >= 11 is 1.61. The average molecular weight is 208 g/mol. The van der Waals surface area contributed by atoms with Gasteiger partial charge in [0.2, 0.25) is 0 Å². The molecule has 0 aliphatic rings. The van der Waals surface area contributed by atoms with Crippen molar-refractivity contribution in [2.45, 2.75) is 12.8 Å². The first-order valence-electron chi connectivity index (χ1n) is 4.58.